The summed E-state index contributed by atoms with van der Waals surface area (Å²) in [7, 11) is 1.66. The zero-order valence-corrected chi connectivity index (χ0v) is 18.3. The van der Waals surface area contributed by atoms with Gasteiger partial charge in [-0.2, -0.15) is 24.1 Å². The molecule has 4 heterocycles. The van der Waals surface area contributed by atoms with E-state index in [2.05, 4.69) is 30.7 Å². The van der Waals surface area contributed by atoms with Gasteiger partial charge in [0.15, 0.2) is 5.65 Å². The molecule has 0 bridgehead atoms. The summed E-state index contributed by atoms with van der Waals surface area (Å²) < 4.78 is 33.9. The summed E-state index contributed by atoms with van der Waals surface area (Å²) in [4.78, 5) is 18.8. The predicted octanol–water partition coefficient (Wildman–Crippen LogP) is 3.86. The molecule has 0 fully saturated rings. The summed E-state index contributed by atoms with van der Waals surface area (Å²) in [5.74, 6) is -0.540. The van der Waals surface area contributed by atoms with Crippen LogP contribution in [0.25, 0.3) is 16.9 Å². The van der Waals surface area contributed by atoms with E-state index in [1.165, 1.54) is 33.2 Å². The first-order valence-electron chi connectivity index (χ1n) is 9.87. The summed E-state index contributed by atoms with van der Waals surface area (Å²) in [5, 5.41) is 17.9. The van der Waals surface area contributed by atoms with Crippen molar-refractivity contribution in [3.8, 4) is 17.0 Å². The summed E-state index contributed by atoms with van der Waals surface area (Å²) in [5.41, 5.74) is 1.51. The number of nitrogens with zero attached hydrogens (tertiary/aromatic N) is 6. The Morgan fingerprint density at radius 1 is 1.26 bits per heavy atom. The maximum atomic E-state index is 13.1. The van der Waals surface area contributed by atoms with Crippen LogP contribution < -0.4 is 10.1 Å². The summed E-state index contributed by atoms with van der Waals surface area (Å²) in [6, 6.07) is 6.47. The van der Waals surface area contributed by atoms with Crippen LogP contribution in [0, 0.1) is 0 Å². The smallest absolute Gasteiger partial charge is 0.387 e. The lowest BCUT2D eigenvalue weighted by atomic mass is 10.1. The number of aromatic nitrogens is 7. The number of hydrogen-bond donors (Lipinski definition) is 2. The third-order valence-corrected chi connectivity index (χ3v) is 5.68. The number of aryl methyl sites for hydroxylation is 1. The molecule has 0 saturated heterocycles. The van der Waals surface area contributed by atoms with E-state index >= 15 is 0 Å². The van der Waals surface area contributed by atoms with Gasteiger partial charge in [-0.15, -0.1) is 0 Å². The number of halogens is 2. The maximum absolute atomic E-state index is 13.1. The second kappa shape index (κ2) is 8.94. The average Bonchev–Trinajstić information content (AvgIpc) is 3.54. The van der Waals surface area contributed by atoms with Crippen molar-refractivity contribution in [1.82, 2.24) is 34.6 Å². The first kappa shape index (κ1) is 21.6. The minimum atomic E-state index is -3.03. The van der Waals surface area contributed by atoms with Crippen LogP contribution in [0.15, 0.2) is 71.2 Å². The maximum Gasteiger partial charge on any atom is 0.387 e. The number of carbonyl (C=O) groups excluding carboxylic acids is 1. The quantitative estimate of drug-likeness (QED) is 0.362. The second-order valence-corrected chi connectivity index (χ2v) is 8.18. The number of amides is 1. The van der Waals surface area contributed by atoms with Crippen LogP contribution >= 0.6 is 11.8 Å². The first-order chi connectivity index (χ1) is 16.5. The van der Waals surface area contributed by atoms with Gasteiger partial charge in [-0.25, -0.2) is 9.50 Å². The Kier molecular flexibility index (Phi) is 5.67. The fourth-order valence-electron chi connectivity index (χ4n) is 3.34. The molecule has 5 aromatic rings. The van der Waals surface area contributed by atoms with Crippen LogP contribution in [-0.2, 0) is 7.05 Å². The Bertz CT molecular complexity index is 1470. The van der Waals surface area contributed by atoms with E-state index in [9.17, 15) is 13.6 Å². The van der Waals surface area contributed by atoms with Crippen LogP contribution in [0.4, 0.5) is 14.5 Å². The normalized spacial score (nSPS) is 11.3. The van der Waals surface area contributed by atoms with E-state index in [-0.39, 0.29) is 17.0 Å². The Labute approximate surface area is 195 Å². The molecule has 0 aliphatic carbocycles. The van der Waals surface area contributed by atoms with Gasteiger partial charge in [0.2, 0.25) is 0 Å². The molecule has 0 atom stereocenters. The minimum Gasteiger partial charge on any atom is -0.434 e. The van der Waals surface area contributed by atoms with Crippen LogP contribution in [0.2, 0.25) is 0 Å². The number of alkyl halides is 2. The van der Waals surface area contributed by atoms with E-state index in [0.29, 0.717) is 16.9 Å². The van der Waals surface area contributed by atoms with Crippen molar-refractivity contribution in [3.63, 3.8) is 0 Å². The third-order valence-electron chi connectivity index (χ3n) is 4.73. The highest BCUT2D eigenvalue weighted by atomic mass is 32.2. The van der Waals surface area contributed by atoms with Crippen molar-refractivity contribution in [1.29, 1.82) is 0 Å². The van der Waals surface area contributed by atoms with Crippen molar-refractivity contribution in [2.45, 2.75) is 16.4 Å². The molecule has 0 radical (unpaired) electrons. The van der Waals surface area contributed by atoms with Gasteiger partial charge in [-0.1, -0.05) is 11.8 Å². The third kappa shape index (κ3) is 4.32. The standard InChI is InChI=1S/C21H16F2N8O2S/c1-30-11-16(28-20(32)15-10-27-31-6-2-5-24-19(15)31)18(29-30)14-7-12(34-13-8-25-26-9-13)3-4-17(14)33-21(22)23/h2-11,21H,1H3,(H,25,26)(H,28,32). The highest BCUT2D eigenvalue weighted by molar-refractivity contribution is 7.99. The van der Waals surface area contributed by atoms with Crippen LogP contribution in [0.5, 0.6) is 5.75 Å². The molecule has 172 valence electrons. The number of ether oxygens (including phenoxy) is 1. The molecule has 2 N–H and O–H groups in total. The Hall–Kier alpha value is -4.26. The summed E-state index contributed by atoms with van der Waals surface area (Å²) in [6.07, 6.45) is 9.57. The summed E-state index contributed by atoms with van der Waals surface area (Å²) in [6.45, 7) is -3.03. The van der Waals surface area contributed by atoms with Crippen LogP contribution in [0.1, 0.15) is 10.4 Å². The number of anilines is 1. The fraction of sp³-hybridized carbons (Fsp3) is 0.0952. The topological polar surface area (TPSA) is 115 Å². The van der Waals surface area contributed by atoms with Gasteiger partial charge in [-0.05, 0) is 24.3 Å². The lowest BCUT2D eigenvalue weighted by Gasteiger charge is -2.12. The zero-order chi connectivity index (χ0) is 23.7. The molecule has 0 aliphatic rings. The largest absolute Gasteiger partial charge is 0.434 e. The number of nitrogens with one attached hydrogen (secondary N) is 2. The molecule has 1 aromatic carbocycles. The van der Waals surface area contributed by atoms with Crippen molar-refractivity contribution in [3.05, 3.63) is 67.0 Å². The van der Waals surface area contributed by atoms with Crippen molar-refractivity contribution in [2.75, 3.05) is 5.32 Å². The molecule has 5 rings (SSSR count). The molecule has 0 spiro atoms. The van der Waals surface area contributed by atoms with E-state index in [1.807, 2.05) is 0 Å². The number of fused-ring (bicyclic) bond motifs is 1. The van der Waals surface area contributed by atoms with Gasteiger partial charge in [0.05, 0.1) is 18.1 Å². The van der Waals surface area contributed by atoms with Gasteiger partial charge < -0.3 is 10.1 Å². The highest BCUT2D eigenvalue weighted by Crippen LogP contribution is 2.39. The van der Waals surface area contributed by atoms with E-state index in [4.69, 9.17) is 4.74 Å². The number of benzene rings is 1. The number of carbonyl (C=O) groups is 1. The molecule has 13 heteroatoms. The summed E-state index contributed by atoms with van der Waals surface area (Å²) >= 11 is 1.38. The molecule has 0 aliphatic heterocycles. The van der Waals surface area contributed by atoms with Crippen LogP contribution in [-0.4, -0.2) is 47.1 Å². The van der Waals surface area contributed by atoms with Gasteiger partial charge >= 0.3 is 6.61 Å². The molecular weight excluding hydrogens is 466 g/mol. The van der Waals surface area contributed by atoms with Gasteiger partial charge in [0.25, 0.3) is 5.91 Å². The van der Waals surface area contributed by atoms with Crippen molar-refractivity contribution < 1.29 is 18.3 Å². The van der Waals surface area contributed by atoms with Crippen molar-refractivity contribution in [2.24, 2.45) is 7.05 Å². The Morgan fingerprint density at radius 2 is 2.15 bits per heavy atom. The molecule has 0 unspecified atom stereocenters. The van der Waals surface area contributed by atoms with Crippen molar-refractivity contribution >= 4 is 29.0 Å². The SMILES string of the molecule is Cn1cc(NC(=O)c2cnn3cccnc23)c(-c2cc(Sc3cn[nH]c3)ccc2OC(F)F)n1. The number of hydrogen-bond acceptors (Lipinski definition) is 7. The van der Waals surface area contributed by atoms with Crippen LogP contribution in [0.3, 0.4) is 0 Å². The van der Waals surface area contributed by atoms with E-state index < -0.39 is 12.5 Å². The van der Waals surface area contributed by atoms with Gasteiger partial charge in [-0.3, -0.25) is 14.6 Å². The second-order valence-electron chi connectivity index (χ2n) is 7.04. The number of aromatic amines is 1. The number of rotatable bonds is 7. The molecule has 0 saturated carbocycles. The molecule has 10 nitrogen and oxygen atoms in total. The van der Waals surface area contributed by atoms with E-state index in [0.717, 1.165) is 9.79 Å². The lowest BCUT2D eigenvalue weighted by molar-refractivity contribution is -0.0494. The monoisotopic (exact) mass is 482 g/mol. The molecule has 34 heavy (non-hydrogen) atoms. The van der Waals surface area contributed by atoms with Gasteiger partial charge in [0, 0.05) is 47.2 Å². The molecular formula is C21H16F2N8O2S. The van der Waals surface area contributed by atoms with E-state index in [1.54, 1.807) is 56.2 Å². The zero-order valence-electron chi connectivity index (χ0n) is 17.5. The average molecular weight is 482 g/mol. The fourth-order valence-corrected chi connectivity index (χ4v) is 4.15. The predicted molar refractivity (Wildman–Crippen MR) is 119 cm³/mol. The Balaban J connectivity index is 1.52. The Morgan fingerprint density at radius 3 is 2.94 bits per heavy atom. The number of H-pyrrole nitrogens is 1. The molecule has 4 aromatic heterocycles. The van der Waals surface area contributed by atoms with Gasteiger partial charge in [0.1, 0.15) is 17.0 Å². The first-order valence-corrected chi connectivity index (χ1v) is 10.7. The molecule has 1 amide bonds. The highest BCUT2D eigenvalue weighted by Gasteiger charge is 2.22. The lowest BCUT2D eigenvalue weighted by Crippen LogP contribution is -2.12. The minimum absolute atomic E-state index is 0.0709.